The SMILES string of the molecule is N=C([Se])c1cn(Cc2ccccc2)c2ncncc12. The number of hydrogen-bond donors (Lipinski definition) is 1. The van der Waals surface area contributed by atoms with Crippen LogP contribution in [0.1, 0.15) is 11.1 Å². The molecule has 5 heteroatoms. The first-order valence-electron chi connectivity index (χ1n) is 5.84. The molecule has 3 rings (SSSR count). The van der Waals surface area contributed by atoms with Crippen LogP contribution in [0.25, 0.3) is 11.0 Å². The second-order valence-electron chi connectivity index (χ2n) is 4.25. The van der Waals surface area contributed by atoms with Crippen LogP contribution in [0.2, 0.25) is 0 Å². The van der Waals surface area contributed by atoms with Crippen LogP contribution in [0.3, 0.4) is 0 Å². The van der Waals surface area contributed by atoms with Crippen molar-refractivity contribution in [3.63, 3.8) is 0 Å². The van der Waals surface area contributed by atoms with Crippen molar-refractivity contribution < 1.29 is 0 Å². The molecule has 0 bridgehead atoms. The van der Waals surface area contributed by atoms with Gasteiger partial charge in [-0.3, -0.25) is 0 Å². The quantitative estimate of drug-likeness (QED) is 0.594. The van der Waals surface area contributed by atoms with E-state index in [9.17, 15) is 0 Å². The van der Waals surface area contributed by atoms with Gasteiger partial charge in [-0.2, -0.15) is 0 Å². The van der Waals surface area contributed by atoms with Gasteiger partial charge >= 0.3 is 118 Å². The van der Waals surface area contributed by atoms with E-state index in [2.05, 4.69) is 38.1 Å². The van der Waals surface area contributed by atoms with Crippen LogP contribution in [-0.2, 0) is 6.54 Å². The molecule has 93 valence electrons. The molecule has 1 N–H and O–H groups in total. The first-order chi connectivity index (χ1) is 9.25. The molecule has 1 radical (unpaired) electrons. The predicted molar refractivity (Wildman–Crippen MR) is 75.7 cm³/mol. The average molecular weight is 314 g/mol. The zero-order chi connectivity index (χ0) is 13.2. The number of fused-ring (bicyclic) bond motifs is 1. The molecule has 2 aromatic heterocycles. The van der Waals surface area contributed by atoms with Gasteiger partial charge in [0.2, 0.25) is 0 Å². The van der Waals surface area contributed by atoms with Crippen LogP contribution >= 0.6 is 0 Å². The monoisotopic (exact) mass is 315 g/mol. The van der Waals surface area contributed by atoms with Crippen molar-refractivity contribution in [2.75, 3.05) is 0 Å². The van der Waals surface area contributed by atoms with E-state index >= 15 is 0 Å². The average Bonchev–Trinajstić information content (AvgIpc) is 2.79. The Morgan fingerprint density at radius 3 is 2.79 bits per heavy atom. The van der Waals surface area contributed by atoms with Crippen LogP contribution in [0.5, 0.6) is 0 Å². The maximum absolute atomic E-state index is 7.79. The van der Waals surface area contributed by atoms with E-state index in [1.807, 2.05) is 29.0 Å². The Hall–Kier alpha value is -1.97. The van der Waals surface area contributed by atoms with Crippen LogP contribution in [0, 0.1) is 5.41 Å². The number of nitrogens with zero attached hydrogens (tertiary/aromatic N) is 3. The maximum atomic E-state index is 7.79. The molecule has 0 saturated heterocycles. The Morgan fingerprint density at radius 1 is 1.26 bits per heavy atom. The number of aromatic nitrogens is 3. The second-order valence-corrected chi connectivity index (χ2v) is 5.10. The third-order valence-corrected chi connectivity index (χ3v) is 3.44. The molecule has 1 aromatic carbocycles. The molecule has 19 heavy (non-hydrogen) atoms. The summed E-state index contributed by atoms with van der Waals surface area (Å²) in [5, 5.41) is 8.69. The van der Waals surface area contributed by atoms with Gasteiger partial charge in [0, 0.05) is 0 Å². The van der Waals surface area contributed by atoms with Gasteiger partial charge in [0.05, 0.1) is 0 Å². The fourth-order valence-corrected chi connectivity index (χ4v) is 2.45. The molecular weight excluding hydrogens is 303 g/mol. The van der Waals surface area contributed by atoms with Crippen LogP contribution < -0.4 is 0 Å². The van der Waals surface area contributed by atoms with Gasteiger partial charge in [0.25, 0.3) is 0 Å². The molecule has 4 nitrogen and oxygen atoms in total. The summed E-state index contributed by atoms with van der Waals surface area (Å²) < 4.78 is 2.46. The molecule has 0 spiro atoms. The summed E-state index contributed by atoms with van der Waals surface area (Å²) in [6.45, 7) is 0.738. The molecule has 0 saturated carbocycles. The molecule has 0 aliphatic heterocycles. The molecule has 0 atom stereocenters. The summed E-state index contributed by atoms with van der Waals surface area (Å²) in [6, 6.07) is 10.2. The van der Waals surface area contributed by atoms with E-state index in [1.54, 1.807) is 6.20 Å². The van der Waals surface area contributed by atoms with Gasteiger partial charge < -0.3 is 0 Å². The summed E-state index contributed by atoms with van der Waals surface area (Å²) in [4.78, 5) is 8.36. The van der Waals surface area contributed by atoms with Gasteiger partial charge in [0.1, 0.15) is 0 Å². The fourth-order valence-electron chi connectivity index (χ4n) is 2.11. The van der Waals surface area contributed by atoms with Crippen molar-refractivity contribution in [1.29, 1.82) is 5.41 Å². The molecule has 0 aliphatic carbocycles. The molecule has 0 aliphatic rings. The summed E-state index contributed by atoms with van der Waals surface area (Å²) in [5.74, 6) is 0. The third kappa shape index (κ3) is 2.30. The van der Waals surface area contributed by atoms with Crippen LogP contribution in [0.15, 0.2) is 49.1 Å². The fraction of sp³-hybridized carbons (Fsp3) is 0.0714. The summed E-state index contributed by atoms with van der Waals surface area (Å²) in [5.41, 5.74) is 2.90. The van der Waals surface area contributed by atoms with Crippen molar-refractivity contribution in [3.8, 4) is 0 Å². The van der Waals surface area contributed by atoms with Gasteiger partial charge in [0.15, 0.2) is 0 Å². The Labute approximate surface area is 118 Å². The van der Waals surface area contributed by atoms with E-state index in [1.165, 1.54) is 11.9 Å². The zero-order valence-corrected chi connectivity index (χ0v) is 11.8. The zero-order valence-electron chi connectivity index (χ0n) is 10.1. The topological polar surface area (TPSA) is 54.6 Å². The van der Waals surface area contributed by atoms with Crippen LogP contribution in [-0.4, -0.2) is 35.2 Å². The Balaban J connectivity index is 2.11. The summed E-state index contributed by atoms with van der Waals surface area (Å²) >= 11 is 2.74. The van der Waals surface area contributed by atoms with E-state index in [-0.39, 0.29) is 0 Å². The normalized spacial score (nSPS) is 10.7. The molecule has 0 unspecified atom stereocenters. The number of benzene rings is 1. The first-order valence-corrected chi connectivity index (χ1v) is 6.70. The van der Waals surface area contributed by atoms with Crippen molar-refractivity contribution in [1.82, 2.24) is 14.5 Å². The van der Waals surface area contributed by atoms with E-state index in [4.69, 9.17) is 5.41 Å². The molecule has 0 amide bonds. The summed E-state index contributed by atoms with van der Waals surface area (Å²) in [6.07, 6.45) is 5.24. The minimum absolute atomic E-state index is 0.409. The standard InChI is InChI=1S/C14H11N4Se/c15-13(19)12-8-18(7-10-4-2-1-3-5-10)14-11(12)6-16-9-17-14/h1-6,8-9,15H,7H2. The summed E-state index contributed by atoms with van der Waals surface area (Å²) in [7, 11) is 0. The van der Waals surface area contributed by atoms with Gasteiger partial charge in [-0.15, -0.1) is 0 Å². The molecule has 0 fully saturated rings. The van der Waals surface area contributed by atoms with Gasteiger partial charge in [-0.05, 0) is 0 Å². The number of rotatable bonds is 3. The predicted octanol–water partition coefficient (Wildman–Crippen LogP) is 1.97. The van der Waals surface area contributed by atoms with Gasteiger partial charge in [-0.1, -0.05) is 0 Å². The Kier molecular flexibility index (Phi) is 3.15. The number of nitrogens with one attached hydrogen (secondary N) is 1. The second kappa shape index (κ2) is 4.96. The molecule has 3 aromatic rings. The Morgan fingerprint density at radius 2 is 2.05 bits per heavy atom. The van der Waals surface area contributed by atoms with Crippen molar-refractivity contribution in [2.24, 2.45) is 0 Å². The van der Waals surface area contributed by atoms with Crippen LogP contribution in [0.4, 0.5) is 0 Å². The Bertz CT molecular complexity index is 734. The van der Waals surface area contributed by atoms with Crippen molar-refractivity contribution >= 4 is 31.7 Å². The van der Waals surface area contributed by atoms with Gasteiger partial charge in [-0.25, -0.2) is 0 Å². The molecular formula is C14H11N4Se. The van der Waals surface area contributed by atoms with Crippen molar-refractivity contribution in [2.45, 2.75) is 6.54 Å². The third-order valence-electron chi connectivity index (χ3n) is 2.98. The number of hydrogen-bond acceptors (Lipinski definition) is 3. The van der Waals surface area contributed by atoms with Crippen molar-refractivity contribution in [3.05, 3.63) is 60.2 Å². The van der Waals surface area contributed by atoms with E-state index < -0.39 is 0 Å². The first kappa shape index (κ1) is 12.1. The minimum atomic E-state index is 0.409. The van der Waals surface area contributed by atoms with E-state index in [0.29, 0.717) is 4.61 Å². The molecule has 2 heterocycles. The van der Waals surface area contributed by atoms with E-state index in [0.717, 1.165) is 23.1 Å².